The van der Waals surface area contributed by atoms with Crippen LogP contribution in [-0.4, -0.2) is 68.8 Å². The molecule has 1 amide bonds. The Morgan fingerprint density at radius 3 is 2.78 bits per heavy atom. The average molecular weight is 562 g/mol. The van der Waals surface area contributed by atoms with Gasteiger partial charge in [0.2, 0.25) is 0 Å². The molecule has 4 heterocycles. The van der Waals surface area contributed by atoms with Crippen molar-refractivity contribution in [2.75, 3.05) is 24.5 Å². The topological polar surface area (TPSA) is 106 Å². The van der Waals surface area contributed by atoms with Crippen LogP contribution in [0.3, 0.4) is 0 Å². The first-order valence-corrected chi connectivity index (χ1v) is 14.3. The van der Waals surface area contributed by atoms with Gasteiger partial charge in [0.25, 0.3) is 11.8 Å². The molecule has 0 radical (unpaired) electrons. The highest BCUT2D eigenvalue weighted by atomic mass is 19.1. The van der Waals surface area contributed by atoms with Gasteiger partial charge in [0.1, 0.15) is 29.7 Å². The molecule has 1 spiro atoms. The number of rotatable bonds is 8. The van der Waals surface area contributed by atoms with Crippen LogP contribution in [0.25, 0.3) is 0 Å². The number of benzene rings is 1. The zero-order chi connectivity index (χ0) is 28.7. The molecule has 2 aromatic heterocycles. The van der Waals surface area contributed by atoms with Crippen LogP contribution < -0.4 is 19.7 Å². The number of anilines is 1. The van der Waals surface area contributed by atoms with Crippen molar-refractivity contribution in [3.8, 4) is 17.4 Å². The number of halogens is 1. The van der Waals surface area contributed by atoms with Gasteiger partial charge >= 0.3 is 0 Å². The number of hydrogen-bond acceptors (Lipinski definition) is 9. The molecule has 10 nitrogen and oxygen atoms in total. The molecular formula is C30H36FN7O3. The first-order chi connectivity index (χ1) is 19.7. The Kier molecular flexibility index (Phi) is 7.23. The number of carbonyl (C=O) groups excluding carboxylic acids is 1. The second-order valence-corrected chi connectivity index (χ2v) is 11.7. The summed E-state index contributed by atoms with van der Waals surface area (Å²) in [6.07, 6.45) is 6.22. The summed E-state index contributed by atoms with van der Waals surface area (Å²) in [7, 11) is 0. The number of pyridine rings is 1. The average Bonchev–Trinajstić information content (AvgIpc) is 2.90. The number of carbonyl (C=O) groups is 1. The van der Waals surface area contributed by atoms with Crippen LogP contribution in [0, 0.1) is 11.2 Å². The van der Waals surface area contributed by atoms with Crippen molar-refractivity contribution < 1.29 is 18.7 Å². The Bertz CT molecular complexity index is 1440. The van der Waals surface area contributed by atoms with Gasteiger partial charge in [-0.15, -0.1) is 10.2 Å². The Morgan fingerprint density at radius 2 is 2.02 bits per heavy atom. The predicted molar refractivity (Wildman–Crippen MR) is 151 cm³/mol. The maximum Gasteiger partial charge on any atom is 0.282 e. The third-order valence-corrected chi connectivity index (χ3v) is 8.37. The standard InChI is InChI=1S/C30H36FN7O3/c1-5-38(18(2)3)29(39)22-11-20(31)6-7-25(22)41-28-27(34-17-35-36-28)37-15-30(16-37)12-21(13-30)40-26-8-9-32-24-10-19(4)33-14-23(24)26/h6-9,11,17-19,21,33H,5,10,12-16H2,1-4H3. The van der Waals surface area contributed by atoms with Gasteiger partial charge in [0.15, 0.2) is 5.82 Å². The Labute approximate surface area is 239 Å². The van der Waals surface area contributed by atoms with E-state index in [4.69, 9.17) is 9.47 Å². The lowest BCUT2D eigenvalue weighted by Crippen LogP contribution is -2.65. The molecular weight excluding hydrogens is 525 g/mol. The van der Waals surface area contributed by atoms with E-state index in [0.717, 1.165) is 50.3 Å². The van der Waals surface area contributed by atoms with E-state index in [2.05, 4.69) is 37.3 Å². The molecule has 1 N–H and O–H groups in total. The summed E-state index contributed by atoms with van der Waals surface area (Å²) in [5.41, 5.74) is 2.59. The zero-order valence-corrected chi connectivity index (χ0v) is 23.9. The molecule has 1 aliphatic carbocycles. The van der Waals surface area contributed by atoms with Crippen molar-refractivity contribution in [2.24, 2.45) is 5.41 Å². The monoisotopic (exact) mass is 561 g/mol. The third-order valence-electron chi connectivity index (χ3n) is 8.37. The first kappa shape index (κ1) is 27.3. The minimum atomic E-state index is -0.512. The van der Waals surface area contributed by atoms with Crippen LogP contribution in [0.15, 0.2) is 36.8 Å². The summed E-state index contributed by atoms with van der Waals surface area (Å²) in [5.74, 6) is 1.08. The second kappa shape index (κ2) is 10.8. The normalized spacial score (nSPS) is 19.4. The fourth-order valence-electron chi connectivity index (χ4n) is 6.27. The summed E-state index contributed by atoms with van der Waals surface area (Å²) in [6, 6.07) is 6.27. The van der Waals surface area contributed by atoms with Gasteiger partial charge in [-0.2, -0.15) is 0 Å². The predicted octanol–water partition coefficient (Wildman–Crippen LogP) is 4.15. The van der Waals surface area contributed by atoms with Crippen molar-refractivity contribution in [1.29, 1.82) is 0 Å². The number of aromatic nitrogens is 4. The van der Waals surface area contributed by atoms with Crippen LogP contribution in [0.4, 0.5) is 10.2 Å². The fourth-order valence-corrected chi connectivity index (χ4v) is 6.27. The summed E-state index contributed by atoms with van der Waals surface area (Å²) in [6.45, 7) is 10.8. The Morgan fingerprint density at radius 1 is 1.22 bits per heavy atom. The largest absolute Gasteiger partial charge is 0.490 e. The zero-order valence-electron chi connectivity index (χ0n) is 23.9. The van der Waals surface area contributed by atoms with E-state index >= 15 is 0 Å². The third kappa shape index (κ3) is 5.30. The highest BCUT2D eigenvalue weighted by molar-refractivity contribution is 5.97. The van der Waals surface area contributed by atoms with Crippen LogP contribution in [0.5, 0.6) is 17.4 Å². The molecule has 1 atom stereocenters. The SMILES string of the molecule is CCN(C(=O)c1cc(F)ccc1Oc1nncnc1N1CC2(CC(Oc3ccnc4c3CNC(C)C4)C2)C1)C(C)C. The molecule has 11 heteroatoms. The Balaban J connectivity index is 1.12. The van der Waals surface area contributed by atoms with Crippen LogP contribution in [-0.2, 0) is 13.0 Å². The lowest BCUT2D eigenvalue weighted by atomic mass is 9.61. The molecule has 1 saturated carbocycles. The van der Waals surface area contributed by atoms with Gasteiger partial charge < -0.3 is 24.6 Å². The molecule has 6 rings (SSSR count). The van der Waals surface area contributed by atoms with Crippen molar-refractivity contribution in [2.45, 2.75) is 71.7 Å². The molecule has 3 aromatic rings. The van der Waals surface area contributed by atoms with Gasteiger partial charge in [-0.3, -0.25) is 9.78 Å². The number of ether oxygens (including phenoxy) is 2. The van der Waals surface area contributed by atoms with Crippen molar-refractivity contribution in [1.82, 2.24) is 30.4 Å². The second-order valence-electron chi connectivity index (χ2n) is 11.7. The van der Waals surface area contributed by atoms with E-state index in [1.165, 1.54) is 30.1 Å². The highest BCUT2D eigenvalue weighted by Crippen LogP contribution is 2.52. The van der Waals surface area contributed by atoms with Crippen molar-refractivity contribution in [3.05, 3.63) is 59.4 Å². The summed E-state index contributed by atoms with van der Waals surface area (Å²) >= 11 is 0. The van der Waals surface area contributed by atoms with Gasteiger partial charge in [-0.1, -0.05) is 0 Å². The highest BCUT2D eigenvalue weighted by Gasteiger charge is 2.54. The van der Waals surface area contributed by atoms with Gasteiger partial charge in [-0.25, -0.2) is 9.37 Å². The maximum atomic E-state index is 14.2. The minimum absolute atomic E-state index is 0.0470. The van der Waals surface area contributed by atoms with Crippen LogP contribution >= 0.6 is 0 Å². The number of fused-ring (bicyclic) bond motifs is 1. The van der Waals surface area contributed by atoms with E-state index in [9.17, 15) is 9.18 Å². The van der Waals surface area contributed by atoms with Crippen molar-refractivity contribution in [3.63, 3.8) is 0 Å². The smallest absolute Gasteiger partial charge is 0.282 e. The Hall–Kier alpha value is -3.86. The van der Waals surface area contributed by atoms with Crippen LogP contribution in [0.1, 0.15) is 62.2 Å². The molecule has 2 aliphatic heterocycles. The summed E-state index contributed by atoms with van der Waals surface area (Å²) in [4.78, 5) is 26.0. The maximum absolute atomic E-state index is 14.2. The van der Waals surface area contributed by atoms with Crippen molar-refractivity contribution >= 4 is 11.7 Å². The van der Waals surface area contributed by atoms with E-state index < -0.39 is 5.82 Å². The molecule has 1 aromatic carbocycles. The van der Waals surface area contributed by atoms with E-state index in [0.29, 0.717) is 18.4 Å². The number of nitrogens with zero attached hydrogens (tertiary/aromatic N) is 6. The number of amides is 1. The molecule has 216 valence electrons. The quantitative estimate of drug-likeness (QED) is 0.434. The molecule has 3 aliphatic rings. The molecule has 1 saturated heterocycles. The van der Waals surface area contributed by atoms with Gasteiger partial charge in [0, 0.05) is 61.9 Å². The summed E-state index contributed by atoms with van der Waals surface area (Å²) < 4.78 is 26.7. The fraction of sp³-hybridized carbons (Fsp3) is 0.500. The van der Waals surface area contributed by atoms with E-state index in [1.54, 1.807) is 4.90 Å². The molecule has 41 heavy (non-hydrogen) atoms. The van der Waals surface area contributed by atoms with Gasteiger partial charge in [-0.05, 0) is 64.8 Å². The first-order valence-electron chi connectivity index (χ1n) is 14.3. The van der Waals surface area contributed by atoms with E-state index in [-0.39, 0.29) is 40.7 Å². The summed E-state index contributed by atoms with van der Waals surface area (Å²) in [5, 5.41) is 11.6. The lowest BCUT2D eigenvalue weighted by molar-refractivity contribution is -0.0350. The molecule has 1 unspecified atom stereocenters. The molecule has 2 fully saturated rings. The van der Waals surface area contributed by atoms with Crippen LogP contribution in [0.2, 0.25) is 0 Å². The molecule has 0 bridgehead atoms. The number of nitrogens with one attached hydrogen (secondary N) is 1. The number of hydrogen-bond donors (Lipinski definition) is 1. The van der Waals surface area contributed by atoms with E-state index in [1.807, 2.05) is 33.0 Å². The van der Waals surface area contributed by atoms with Gasteiger partial charge in [0.05, 0.1) is 11.3 Å². The minimum Gasteiger partial charge on any atom is -0.490 e. The lowest BCUT2D eigenvalue weighted by Gasteiger charge is -2.58.